The molecule has 23 heavy (non-hydrogen) atoms. The predicted octanol–water partition coefficient (Wildman–Crippen LogP) is 1.45. The van der Waals surface area contributed by atoms with E-state index in [2.05, 4.69) is 20.0 Å². The Labute approximate surface area is 138 Å². The number of hydrogen-bond donors (Lipinski definition) is 1. The van der Waals surface area contributed by atoms with Crippen molar-refractivity contribution in [1.29, 1.82) is 0 Å². The van der Waals surface area contributed by atoms with Crippen LogP contribution in [-0.2, 0) is 16.0 Å². The molecule has 0 bridgehead atoms. The van der Waals surface area contributed by atoms with E-state index >= 15 is 0 Å². The van der Waals surface area contributed by atoms with Crippen molar-refractivity contribution in [3.8, 4) is 0 Å². The summed E-state index contributed by atoms with van der Waals surface area (Å²) < 4.78 is 5.42. The molecule has 1 aromatic rings. The first kappa shape index (κ1) is 16.5. The van der Waals surface area contributed by atoms with Gasteiger partial charge in [-0.2, -0.15) is 5.10 Å². The first-order chi connectivity index (χ1) is 11.3. The van der Waals surface area contributed by atoms with Gasteiger partial charge in [-0.15, -0.1) is 0 Å². The number of H-pyrrole nitrogens is 1. The van der Waals surface area contributed by atoms with Gasteiger partial charge in [0.1, 0.15) is 0 Å². The number of aromatic nitrogens is 2. The Kier molecular flexibility index (Phi) is 6.05. The number of morpholine rings is 1. The maximum atomic E-state index is 12.6. The number of likely N-dealkylation sites (tertiary alicyclic amines) is 1. The van der Waals surface area contributed by atoms with Crippen molar-refractivity contribution >= 4 is 5.91 Å². The fourth-order valence-corrected chi connectivity index (χ4v) is 3.60. The first-order valence-electron chi connectivity index (χ1n) is 8.90. The topological polar surface area (TPSA) is 61.5 Å². The van der Waals surface area contributed by atoms with E-state index in [1.807, 2.05) is 12.4 Å². The van der Waals surface area contributed by atoms with Gasteiger partial charge in [0.2, 0.25) is 5.91 Å². The van der Waals surface area contributed by atoms with Gasteiger partial charge < -0.3 is 9.64 Å². The Hall–Kier alpha value is -1.40. The number of piperidine rings is 1. The molecule has 1 N–H and O–H groups in total. The number of aromatic amines is 1. The quantitative estimate of drug-likeness (QED) is 0.862. The number of nitrogens with one attached hydrogen (secondary N) is 1. The average Bonchev–Trinajstić information content (AvgIpc) is 3.09. The molecule has 2 aliphatic rings. The van der Waals surface area contributed by atoms with Crippen LogP contribution in [0.3, 0.4) is 0 Å². The molecule has 0 saturated carbocycles. The van der Waals surface area contributed by atoms with Gasteiger partial charge in [-0.25, -0.2) is 0 Å². The van der Waals surface area contributed by atoms with Gasteiger partial charge in [0, 0.05) is 44.8 Å². The number of rotatable bonds is 6. The molecule has 0 aromatic carbocycles. The lowest BCUT2D eigenvalue weighted by atomic mass is 10.00. The van der Waals surface area contributed by atoms with Crippen LogP contribution < -0.4 is 0 Å². The zero-order valence-corrected chi connectivity index (χ0v) is 13.9. The van der Waals surface area contributed by atoms with Gasteiger partial charge in [0.15, 0.2) is 0 Å². The van der Waals surface area contributed by atoms with Gasteiger partial charge in [-0.1, -0.05) is 0 Å². The van der Waals surface area contributed by atoms with Gasteiger partial charge in [-0.3, -0.25) is 14.8 Å². The van der Waals surface area contributed by atoms with Crippen LogP contribution in [0.25, 0.3) is 0 Å². The Balaban J connectivity index is 1.47. The lowest BCUT2D eigenvalue weighted by molar-refractivity contribution is -0.135. The van der Waals surface area contributed by atoms with Crippen LogP contribution in [0.1, 0.15) is 37.7 Å². The van der Waals surface area contributed by atoms with Crippen LogP contribution in [-0.4, -0.2) is 71.3 Å². The number of aryl methyl sites for hydroxylation is 1. The molecule has 0 aliphatic carbocycles. The fourth-order valence-electron chi connectivity index (χ4n) is 3.60. The Morgan fingerprint density at radius 2 is 2.17 bits per heavy atom. The number of hydrogen-bond acceptors (Lipinski definition) is 4. The second-order valence-corrected chi connectivity index (χ2v) is 6.61. The monoisotopic (exact) mass is 320 g/mol. The summed E-state index contributed by atoms with van der Waals surface area (Å²) in [5, 5.41) is 6.77. The van der Waals surface area contributed by atoms with Crippen LogP contribution in [0.4, 0.5) is 0 Å². The summed E-state index contributed by atoms with van der Waals surface area (Å²) in [7, 11) is 0. The lowest BCUT2D eigenvalue weighted by Gasteiger charge is -2.39. The summed E-state index contributed by atoms with van der Waals surface area (Å²) >= 11 is 0. The number of nitrogens with zero attached hydrogens (tertiary/aromatic N) is 3. The molecule has 2 aliphatic heterocycles. The van der Waals surface area contributed by atoms with Crippen molar-refractivity contribution in [3.05, 3.63) is 18.0 Å². The summed E-state index contributed by atoms with van der Waals surface area (Å²) in [4.78, 5) is 17.2. The fraction of sp³-hybridized carbons (Fsp3) is 0.765. The summed E-state index contributed by atoms with van der Waals surface area (Å²) in [6.07, 6.45) is 9.75. The molecule has 3 heterocycles. The molecule has 1 amide bonds. The van der Waals surface area contributed by atoms with Crippen molar-refractivity contribution in [1.82, 2.24) is 20.0 Å². The Bertz CT molecular complexity index is 471. The molecule has 128 valence electrons. The summed E-state index contributed by atoms with van der Waals surface area (Å²) in [6.45, 7) is 5.59. The number of amides is 1. The van der Waals surface area contributed by atoms with E-state index in [1.165, 1.54) is 12.0 Å². The number of carbonyl (C=O) groups is 1. The molecule has 0 radical (unpaired) electrons. The third kappa shape index (κ3) is 4.78. The lowest BCUT2D eigenvalue weighted by Crippen LogP contribution is -2.51. The highest BCUT2D eigenvalue weighted by Gasteiger charge is 2.28. The number of ether oxygens (including phenoxy) is 1. The number of carbonyl (C=O) groups excluding carboxylic acids is 1. The van der Waals surface area contributed by atoms with Gasteiger partial charge in [-0.05, 0) is 37.7 Å². The van der Waals surface area contributed by atoms with Crippen molar-refractivity contribution < 1.29 is 9.53 Å². The van der Waals surface area contributed by atoms with E-state index < -0.39 is 0 Å². The van der Waals surface area contributed by atoms with E-state index in [0.717, 1.165) is 65.1 Å². The highest BCUT2D eigenvalue weighted by molar-refractivity contribution is 5.76. The minimum Gasteiger partial charge on any atom is -0.379 e. The predicted molar refractivity (Wildman–Crippen MR) is 88.1 cm³/mol. The van der Waals surface area contributed by atoms with Crippen LogP contribution in [0, 0.1) is 0 Å². The standard InChI is InChI=1S/C17H28N4O2/c22-17(6-3-4-15-12-18-19-13-15)21-7-2-1-5-16(21)14-20-8-10-23-11-9-20/h12-13,16H,1-11,14H2,(H,18,19). The first-order valence-corrected chi connectivity index (χ1v) is 8.90. The summed E-state index contributed by atoms with van der Waals surface area (Å²) in [6, 6.07) is 0.392. The Morgan fingerprint density at radius 1 is 1.30 bits per heavy atom. The zero-order chi connectivity index (χ0) is 15.9. The second kappa shape index (κ2) is 8.45. The van der Waals surface area contributed by atoms with Gasteiger partial charge >= 0.3 is 0 Å². The van der Waals surface area contributed by atoms with Crippen molar-refractivity contribution in [3.63, 3.8) is 0 Å². The molecule has 0 spiro atoms. The molecular formula is C17H28N4O2. The molecule has 6 heteroatoms. The summed E-state index contributed by atoms with van der Waals surface area (Å²) in [5.41, 5.74) is 1.18. The maximum absolute atomic E-state index is 12.6. The highest BCUT2D eigenvalue weighted by Crippen LogP contribution is 2.20. The van der Waals surface area contributed by atoms with Crippen molar-refractivity contribution in [2.75, 3.05) is 39.4 Å². The average molecular weight is 320 g/mol. The Morgan fingerprint density at radius 3 is 2.96 bits per heavy atom. The van der Waals surface area contributed by atoms with Crippen LogP contribution in [0.15, 0.2) is 12.4 Å². The van der Waals surface area contributed by atoms with Crippen LogP contribution in [0.2, 0.25) is 0 Å². The van der Waals surface area contributed by atoms with Gasteiger partial charge in [0.25, 0.3) is 0 Å². The molecular weight excluding hydrogens is 292 g/mol. The van der Waals surface area contributed by atoms with Crippen molar-refractivity contribution in [2.45, 2.75) is 44.6 Å². The molecule has 2 fully saturated rings. The SMILES string of the molecule is O=C(CCCc1cn[nH]c1)N1CCCCC1CN1CCOCC1. The zero-order valence-electron chi connectivity index (χ0n) is 13.9. The normalized spacial score (nSPS) is 23.1. The van der Waals surface area contributed by atoms with Crippen LogP contribution in [0.5, 0.6) is 0 Å². The third-order valence-corrected chi connectivity index (χ3v) is 4.93. The molecule has 6 nitrogen and oxygen atoms in total. The van der Waals surface area contributed by atoms with E-state index in [0.29, 0.717) is 18.4 Å². The highest BCUT2D eigenvalue weighted by atomic mass is 16.5. The van der Waals surface area contributed by atoms with E-state index in [-0.39, 0.29) is 0 Å². The molecule has 1 atom stereocenters. The smallest absolute Gasteiger partial charge is 0.222 e. The van der Waals surface area contributed by atoms with E-state index in [4.69, 9.17) is 4.74 Å². The van der Waals surface area contributed by atoms with E-state index in [1.54, 1.807) is 0 Å². The minimum atomic E-state index is 0.325. The maximum Gasteiger partial charge on any atom is 0.222 e. The van der Waals surface area contributed by atoms with E-state index in [9.17, 15) is 4.79 Å². The van der Waals surface area contributed by atoms with Crippen LogP contribution >= 0.6 is 0 Å². The molecule has 2 saturated heterocycles. The second-order valence-electron chi connectivity index (χ2n) is 6.61. The minimum absolute atomic E-state index is 0.325. The van der Waals surface area contributed by atoms with Crippen molar-refractivity contribution in [2.24, 2.45) is 0 Å². The molecule has 3 rings (SSSR count). The molecule has 1 unspecified atom stereocenters. The van der Waals surface area contributed by atoms with Gasteiger partial charge in [0.05, 0.1) is 19.4 Å². The largest absolute Gasteiger partial charge is 0.379 e. The summed E-state index contributed by atoms with van der Waals surface area (Å²) in [5.74, 6) is 0.325. The third-order valence-electron chi connectivity index (χ3n) is 4.93. The molecule has 1 aromatic heterocycles.